The van der Waals surface area contributed by atoms with Gasteiger partial charge in [-0.05, 0) is 86.4 Å². The molecule has 0 aliphatic carbocycles. The van der Waals surface area contributed by atoms with E-state index in [0.717, 1.165) is 61.3 Å². The molecule has 2 heteroatoms. The summed E-state index contributed by atoms with van der Waals surface area (Å²) in [6, 6.07) is 71.6. The van der Waals surface area contributed by atoms with E-state index in [-0.39, 0.29) is 0 Å². The summed E-state index contributed by atoms with van der Waals surface area (Å²) < 4.78 is 6.46. The summed E-state index contributed by atoms with van der Waals surface area (Å²) >= 11 is 0. The third kappa shape index (κ3) is 5.12. The maximum absolute atomic E-state index is 6.46. The van der Waals surface area contributed by atoms with Crippen LogP contribution in [-0.2, 0) is 0 Å². The van der Waals surface area contributed by atoms with Gasteiger partial charge < -0.3 is 9.32 Å². The Morgan fingerprint density at radius 3 is 1.63 bits per heavy atom. The lowest BCUT2D eigenvalue weighted by molar-refractivity contribution is 0.670. The first-order valence-corrected chi connectivity index (χ1v) is 17.8. The Morgan fingerprint density at radius 2 is 0.865 bits per heavy atom. The number of fused-ring (bicyclic) bond motifs is 5. The normalized spacial score (nSPS) is 11.5. The topological polar surface area (TPSA) is 16.4 Å². The molecule has 0 N–H and O–H groups in total. The van der Waals surface area contributed by atoms with E-state index >= 15 is 0 Å². The molecule has 52 heavy (non-hydrogen) atoms. The second-order valence-corrected chi connectivity index (χ2v) is 13.3. The summed E-state index contributed by atoms with van der Waals surface area (Å²) in [6.45, 7) is 0. The lowest BCUT2D eigenvalue weighted by Crippen LogP contribution is -2.10. The summed E-state index contributed by atoms with van der Waals surface area (Å²) in [5.74, 6) is 0. The van der Waals surface area contributed by atoms with Crippen molar-refractivity contribution in [2.75, 3.05) is 4.90 Å². The first-order valence-electron chi connectivity index (χ1n) is 17.8. The molecule has 0 aliphatic rings. The molecule has 0 unspecified atom stereocenters. The van der Waals surface area contributed by atoms with Crippen molar-refractivity contribution in [1.29, 1.82) is 0 Å². The lowest BCUT2D eigenvalue weighted by Gasteiger charge is -2.27. The van der Waals surface area contributed by atoms with Crippen molar-refractivity contribution in [2.45, 2.75) is 0 Å². The van der Waals surface area contributed by atoms with Crippen LogP contribution in [0.3, 0.4) is 0 Å². The van der Waals surface area contributed by atoms with Gasteiger partial charge in [0.15, 0.2) is 0 Å². The van der Waals surface area contributed by atoms with Crippen LogP contribution in [0.5, 0.6) is 0 Å². The van der Waals surface area contributed by atoms with Crippen molar-refractivity contribution in [3.05, 3.63) is 200 Å². The molecule has 1 aromatic heterocycles. The minimum Gasteiger partial charge on any atom is -0.455 e. The number of nitrogens with zero attached hydrogens (tertiary/aromatic N) is 1. The summed E-state index contributed by atoms with van der Waals surface area (Å²) in [4.78, 5) is 2.37. The van der Waals surface area contributed by atoms with Crippen LogP contribution in [-0.4, -0.2) is 0 Å². The van der Waals surface area contributed by atoms with Crippen LogP contribution in [0.15, 0.2) is 205 Å². The van der Waals surface area contributed by atoms with Gasteiger partial charge >= 0.3 is 0 Å². The predicted octanol–water partition coefficient (Wildman–Crippen LogP) is 14.4. The molecule has 0 atom stereocenters. The zero-order chi connectivity index (χ0) is 34.4. The summed E-state index contributed by atoms with van der Waals surface area (Å²) in [5.41, 5.74) is 12.2. The smallest absolute Gasteiger partial charge is 0.143 e. The number of hydrogen-bond acceptors (Lipinski definition) is 2. The second kappa shape index (κ2) is 12.5. The van der Waals surface area contributed by atoms with Gasteiger partial charge in [-0.15, -0.1) is 0 Å². The quantitative estimate of drug-likeness (QED) is 0.176. The average Bonchev–Trinajstić information content (AvgIpc) is 3.60. The maximum atomic E-state index is 6.46. The van der Waals surface area contributed by atoms with Crippen molar-refractivity contribution in [3.63, 3.8) is 0 Å². The van der Waals surface area contributed by atoms with Gasteiger partial charge in [0.25, 0.3) is 0 Å². The van der Waals surface area contributed by atoms with Crippen molar-refractivity contribution in [3.8, 4) is 33.4 Å². The van der Waals surface area contributed by atoms with Gasteiger partial charge in [-0.3, -0.25) is 0 Å². The van der Waals surface area contributed by atoms with Gasteiger partial charge in [-0.2, -0.15) is 0 Å². The standard InChI is InChI=1S/C50H33NO/c1-2-11-37(12-3-1)45-20-10-21-46-47-33-39(27-32-49(47)52-50(45)46)34-23-28-40(29-24-34)51(48-22-9-16-36-14-5-7-18-44(36)48)41-30-25-38(26-31-41)43-19-8-15-35-13-4-6-17-42(35)43/h1-33H. The van der Waals surface area contributed by atoms with E-state index in [1.54, 1.807) is 0 Å². The fourth-order valence-electron chi connectivity index (χ4n) is 7.72. The minimum absolute atomic E-state index is 0.896. The Kier molecular flexibility index (Phi) is 7.18. The Balaban J connectivity index is 1.05. The van der Waals surface area contributed by atoms with E-state index in [2.05, 4.69) is 199 Å². The molecule has 0 aliphatic heterocycles. The number of hydrogen-bond donors (Lipinski definition) is 0. The molecule has 9 aromatic carbocycles. The molecule has 0 fully saturated rings. The molecule has 0 spiro atoms. The molecule has 1 heterocycles. The van der Waals surface area contributed by atoms with Crippen LogP contribution in [0.1, 0.15) is 0 Å². The van der Waals surface area contributed by atoms with Crippen molar-refractivity contribution >= 4 is 60.5 Å². The number of benzene rings is 9. The predicted molar refractivity (Wildman–Crippen MR) is 220 cm³/mol. The van der Waals surface area contributed by atoms with Gasteiger partial charge in [-0.25, -0.2) is 0 Å². The van der Waals surface area contributed by atoms with Gasteiger partial charge in [0.05, 0.1) is 5.69 Å². The highest BCUT2D eigenvalue weighted by atomic mass is 16.3. The second-order valence-electron chi connectivity index (χ2n) is 13.3. The zero-order valence-corrected chi connectivity index (χ0v) is 28.4. The number of furan rings is 1. The monoisotopic (exact) mass is 663 g/mol. The van der Waals surface area contributed by atoms with E-state index in [0.29, 0.717) is 0 Å². The molecule has 244 valence electrons. The molecule has 0 radical (unpaired) electrons. The SMILES string of the molecule is c1ccc(-c2cccc3c2oc2ccc(-c4ccc(N(c5ccc(-c6cccc7ccccc67)cc5)c5cccc6ccccc56)cc4)cc23)cc1. The van der Waals surface area contributed by atoms with E-state index < -0.39 is 0 Å². The van der Waals surface area contributed by atoms with Crippen LogP contribution >= 0.6 is 0 Å². The number of rotatable bonds is 6. The highest BCUT2D eigenvalue weighted by molar-refractivity contribution is 6.10. The van der Waals surface area contributed by atoms with Crippen molar-refractivity contribution in [1.82, 2.24) is 0 Å². The molecule has 0 saturated carbocycles. The number of anilines is 3. The molecular formula is C50H33NO. The lowest BCUT2D eigenvalue weighted by atomic mass is 9.98. The zero-order valence-electron chi connectivity index (χ0n) is 28.4. The molecule has 2 nitrogen and oxygen atoms in total. The van der Waals surface area contributed by atoms with E-state index in [1.807, 2.05) is 6.07 Å². The first kappa shape index (κ1) is 30.0. The summed E-state index contributed by atoms with van der Waals surface area (Å²) in [7, 11) is 0. The highest BCUT2D eigenvalue weighted by Gasteiger charge is 2.17. The minimum atomic E-state index is 0.896. The Labute approximate surface area is 302 Å². The van der Waals surface area contributed by atoms with E-state index in [4.69, 9.17) is 4.42 Å². The van der Waals surface area contributed by atoms with E-state index in [9.17, 15) is 0 Å². The Bertz CT molecular complexity index is 2870. The molecular weight excluding hydrogens is 631 g/mol. The van der Waals surface area contributed by atoms with Crippen LogP contribution < -0.4 is 4.90 Å². The maximum Gasteiger partial charge on any atom is 0.143 e. The Hall–Kier alpha value is -6.90. The largest absolute Gasteiger partial charge is 0.455 e. The van der Waals surface area contributed by atoms with Gasteiger partial charge in [0.1, 0.15) is 11.2 Å². The van der Waals surface area contributed by atoms with Crippen LogP contribution in [0.2, 0.25) is 0 Å². The molecule has 0 saturated heterocycles. The molecule has 0 bridgehead atoms. The Morgan fingerprint density at radius 1 is 0.327 bits per heavy atom. The van der Waals surface area contributed by atoms with Gasteiger partial charge in [-0.1, -0.05) is 158 Å². The third-order valence-electron chi connectivity index (χ3n) is 10.3. The third-order valence-corrected chi connectivity index (χ3v) is 10.3. The van der Waals surface area contributed by atoms with E-state index in [1.165, 1.54) is 32.7 Å². The van der Waals surface area contributed by atoms with Gasteiger partial charge in [0.2, 0.25) is 0 Å². The van der Waals surface area contributed by atoms with Gasteiger partial charge in [0, 0.05) is 33.1 Å². The fraction of sp³-hybridized carbons (Fsp3) is 0. The van der Waals surface area contributed by atoms with Crippen LogP contribution in [0, 0.1) is 0 Å². The van der Waals surface area contributed by atoms with Crippen LogP contribution in [0.4, 0.5) is 17.1 Å². The van der Waals surface area contributed by atoms with Crippen molar-refractivity contribution < 1.29 is 4.42 Å². The molecule has 0 amide bonds. The first-order chi connectivity index (χ1) is 25.8. The van der Waals surface area contributed by atoms with Crippen LogP contribution in [0.25, 0.3) is 76.9 Å². The summed E-state index contributed by atoms with van der Waals surface area (Å²) in [5, 5.41) is 7.18. The fourth-order valence-corrected chi connectivity index (χ4v) is 7.72. The average molecular weight is 664 g/mol. The van der Waals surface area contributed by atoms with Crippen molar-refractivity contribution in [2.24, 2.45) is 0 Å². The molecule has 10 aromatic rings. The highest BCUT2D eigenvalue weighted by Crippen LogP contribution is 2.42. The number of para-hydroxylation sites is 1. The summed E-state index contributed by atoms with van der Waals surface area (Å²) in [6.07, 6.45) is 0. The molecule has 10 rings (SSSR count).